The standard InChI is InChI=1S/C10H11ClFNOS/c1-2-9(10(13)15)14-6-3-4-8(12)7(11)5-6/h3-5,9H,2H2,1H3,(H2,13,15). The monoisotopic (exact) mass is 247 g/mol. The second kappa shape index (κ2) is 5.28. The van der Waals surface area contributed by atoms with E-state index in [0.29, 0.717) is 12.2 Å². The minimum atomic E-state index is -0.479. The number of benzene rings is 1. The Morgan fingerprint density at radius 2 is 2.33 bits per heavy atom. The lowest BCUT2D eigenvalue weighted by Crippen LogP contribution is -2.31. The molecule has 0 heterocycles. The quantitative estimate of drug-likeness (QED) is 0.831. The molecule has 5 heteroatoms. The molecule has 1 aromatic carbocycles. The van der Waals surface area contributed by atoms with Gasteiger partial charge in [0, 0.05) is 6.07 Å². The van der Waals surface area contributed by atoms with Gasteiger partial charge in [-0.1, -0.05) is 30.7 Å². The van der Waals surface area contributed by atoms with Gasteiger partial charge in [0.05, 0.1) is 5.02 Å². The molecule has 2 nitrogen and oxygen atoms in total. The van der Waals surface area contributed by atoms with E-state index in [1.54, 1.807) is 0 Å². The van der Waals surface area contributed by atoms with Gasteiger partial charge in [0.15, 0.2) is 0 Å². The third kappa shape index (κ3) is 3.32. The highest BCUT2D eigenvalue weighted by molar-refractivity contribution is 7.80. The summed E-state index contributed by atoms with van der Waals surface area (Å²) in [6.45, 7) is 1.90. The number of hydrogen-bond acceptors (Lipinski definition) is 2. The topological polar surface area (TPSA) is 35.2 Å². The maximum atomic E-state index is 12.8. The third-order valence-corrected chi connectivity index (χ3v) is 2.41. The Morgan fingerprint density at radius 1 is 1.67 bits per heavy atom. The van der Waals surface area contributed by atoms with Crippen LogP contribution in [0.1, 0.15) is 13.3 Å². The molecule has 2 N–H and O–H groups in total. The van der Waals surface area contributed by atoms with E-state index in [1.165, 1.54) is 18.2 Å². The summed E-state index contributed by atoms with van der Waals surface area (Å²) in [6.07, 6.45) is 0.311. The smallest absolute Gasteiger partial charge is 0.148 e. The van der Waals surface area contributed by atoms with E-state index in [4.69, 9.17) is 34.3 Å². The van der Waals surface area contributed by atoms with Gasteiger partial charge in [-0.25, -0.2) is 4.39 Å². The van der Waals surface area contributed by atoms with E-state index in [-0.39, 0.29) is 16.1 Å². The van der Waals surface area contributed by atoms with Gasteiger partial charge in [0.25, 0.3) is 0 Å². The number of hydrogen-bond donors (Lipinski definition) is 1. The second-order valence-corrected chi connectivity index (χ2v) is 3.87. The SMILES string of the molecule is CCC(Oc1ccc(F)c(Cl)c1)C(N)=S. The Labute approximate surface area is 98.2 Å². The lowest BCUT2D eigenvalue weighted by Gasteiger charge is -2.16. The number of ether oxygens (including phenoxy) is 1. The predicted octanol–water partition coefficient (Wildman–Crippen LogP) is 2.92. The number of halogens is 2. The van der Waals surface area contributed by atoms with Gasteiger partial charge in [-0.2, -0.15) is 0 Å². The van der Waals surface area contributed by atoms with Crippen molar-refractivity contribution in [3.05, 3.63) is 29.0 Å². The molecule has 1 rings (SSSR count). The molecule has 0 radical (unpaired) electrons. The van der Waals surface area contributed by atoms with E-state index in [1.807, 2.05) is 6.92 Å². The fraction of sp³-hybridized carbons (Fsp3) is 0.300. The molecule has 0 aromatic heterocycles. The average molecular weight is 248 g/mol. The van der Waals surface area contributed by atoms with Crippen LogP contribution in [0.2, 0.25) is 5.02 Å². The Bertz CT molecular complexity index is 372. The van der Waals surface area contributed by atoms with Crippen LogP contribution in [-0.2, 0) is 0 Å². The summed E-state index contributed by atoms with van der Waals surface area (Å²) in [6, 6.07) is 4.13. The summed E-state index contributed by atoms with van der Waals surface area (Å²) in [5, 5.41) is 0.0188. The van der Waals surface area contributed by atoms with E-state index in [9.17, 15) is 4.39 Å². The summed E-state index contributed by atoms with van der Waals surface area (Å²) >= 11 is 10.4. The van der Waals surface area contributed by atoms with E-state index in [0.717, 1.165) is 0 Å². The van der Waals surface area contributed by atoms with Crippen LogP contribution < -0.4 is 10.5 Å². The number of thiocarbonyl (C=S) groups is 1. The first-order valence-electron chi connectivity index (χ1n) is 4.45. The van der Waals surface area contributed by atoms with Crippen molar-refractivity contribution in [1.29, 1.82) is 0 Å². The first-order chi connectivity index (χ1) is 7.04. The van der Waals surface area contributed by atoms with Crippen molar-refractivity contribution in [2.45, 2.75) is 19.4 Å². The van der Waals surface area contributed by atoms with Gasteiger partial charge in [0.2, 0.25) is 0 Å². The molecule has 0 bridgehead atoms. The van der Waals surface area contributed by atoms with E-state index in [2.05, 4.69) is 0 Å². The molecular formula is C10H11ClFNOS. The minimum Gasteiger partial charge on any atom is -0.483 e. The van der Waals surface area contributed by atoms with Crippen molar-refractivity contribution in [2.75, 3.05) is 0 Å². The molecule has 0 aliphatic heterocycles. The van der Waals surface area contributed by atoms with Gasteiger partial charge in [-0.3, -0.25) is 0 Å². The molecule has 0 fully saturated rings. The van der Waals surface area contributed by atoms with Crippen molar-refractivity contribution >= 4 is 28.8 Å². The fourth-order valence-electron chi connectivity index (χ4n) is 1.06. The van der Waals surface area contributed by atoms with Gasteiger partial charge in [-0.05, 0) is 18.6 Å². The average Bonchev–Trinajstić information content (AvgIpc) is 2.19. The van der Waals surface area contributed by atoms with Crippen LogP contribution in [0.25, 0.3) is 0 Å². The van der Waals surface area contributed by atoms with Gasteiger partial charge in [-0.15, -0.1) is 0 Å². The molecule has 82 valence electrons. The van der Waals surface area contributed by atoms with Crippen LogP contribution in [0.15, 0.2) is 18.2 Å². The van der Waals surface area contributed by atoms with Crippen LogP contribution in [0, 0.1) is 5.82 Å². The predicted molar refractivity (Wildman–Crippen MR) is 62.9 cm³/mol. The summed E-state index contributed by atoms with van der Waals surface area (Å²) in [4.78, 5) is 0.276. The van der Waals surface area contributed by atoms with Crippen molar-refractivity contribution in [1.82, 2.24) is 0 Å². The second-order valence-electron chi connectivity index (χ2n) is 2.99. The van der Waals surface area contributed by atoms with Gasteiger partial charge in [0.1, 0.15) is 22.7 Å². The van der Waals surface area contributed by atoms with Crippen molar-refractivity contribution in [2.24, 2.45) is 5.73 Å². The molecule has 0 spiro atoms. The molecule has 0 aliphatic carbocycles. The third-order valence-electron chi connectivity index (χ3n) is 1.86. The van der Waals surface area contributed by atoms with Gasteiger partial charge < -0.3 is 10.5 Å². The highest BCUT2D eigenvalue weighted by atomic mass is 35.5. The summed E-state index contributed by atoms with van der Waals surface area (Å²) < 4.78 is 18.3. The molecule has 1 aromatic rings. The molecule has 0 amide bonds. The van der Waals surface area contributed by atoms with Gasteiger partial charge >= 0.3 is 0 Å². The summed E-state index contributed by atoms with van der Waals surface area (Å²) in [5.41, 5.74) is 5.46. The molecule has 0 saturated heterocycles. The first kappa shape index (κ1) is 12.2. The highest BCUT2D eigenvalue weighted by Crippen LogP contribution is 2.22. The maximum absolute atomic E-state index is 12.8. The maximum Gasteiger partial charge on any atom is 0.148 e. The molecule has 15 heavy (non-hydrogen) atoms. The zero-order valence-corrected chi connectivity index (χ0v) is 9.74. The number of nitrogens with two attached hydrogens (primary N) is 1. The van der Waals surface area contributed by atoms with Crippen LogP contribution in [0.3, 0.4) is 0 Å². The normalized spacial score (nSPS) is 12.2. The molecule has 0 saturated carbocycles. The Balaban J connectivity index is 2.80. The molecule has 0 aliphatic rings. The molecule has 1 atom stereocenters. The van der Waals surface area contributed by atoms with Crippen LogP contribution in [0.5, 0.6) is 5.75 Å². The lowest BCUT2D eigenvalue weighted by molar-refractivity contribution is 0.263. The Morgan fingerprint density at radius 3 is 2.80 bits per heavy atom. The highest BCUT2D eigenvalue weighted by Gasteiger charge is 2.11. The molecule has 1 unspecified atom stereocenters. The summed E-state index contributed by atoms with van der Waals surface area (Å²) in [7, 11) is 0. The summed E-state index contributed by atoms with van der Waals surface area (Å²) in [5.74, 6) is -0.0200. The van der Waals surface area contributed by atoms with Crippen molar-refractivity contribution in [3.8, 4) is 5.75 Å². The van der Waals surface area contributed by atoms with E-state index >= 15 is 0 Å². The molecular weight excluding hydrogens is 237 g/mol. The fourth-order valence-corrected chi connectivity index (χ4v) is 1.44. The Kier molecular flexibility index (Phi) is 4.29. The van der Waals surface area contributed by atoms with Crippen molar-refractivity contribution in [3.63, 3.8) is 0 Å². The van der Waals surface area contributed by atoms with Crippen LogP contribution in [0.4, 0.5) is 4.39 Å². The lowest BCUT2D eigenvalue weighted by atomic mass is 10.2. The van der Waals surface area contributed by atoms with Crippen LogP contribution >= 0.6 is 23.8 Å². The minimum absolute atomic E-state index is 0.0188. The van der Waals surface area contributed by atoms with E-state index < -0.39 is 5.82 Å². The zero-order chi connectivity index (χ0) is 11.4. The van der Waals surface area contributed by atoms with Crippen LogP contribution in [-0.4, -0.2) is 11.1 Å². The zero-order valence-electron chi connectivity index (χ0n) is 8.17. The first-order valence-corrected chi connectivity index (χ1v) is 5.24. The largest absolute Gasteiger partial charge is 0.483 e. The number of rotatable bonds is 4. The Hall–Kier alpha value is -0.870. The van der Waals surface area contributed by atoms with Crippen molar-refractivity contribution < 1.29 is 9.13 Å².